The number of nitrogens with zero attached hydrogens (tertiary/aromatic N) is 1. The van der Waals surface area contributed by atoms with Crippen LogP contribution in [0.2, 0.25) is 0 Å². The molecule has 0 saturated carbocycles. The largest absolute Gasteiger partial charge is 0.497 e. The van der Waals surface area contributed by atoms with Crippen molar-refractivity contribution in [2.75, 3.05) is 33.3 Å². The van der Waals surface area contributed by atoms with Gasteiger partial charge in [0.2, 0.25) is 0 Å². The Morgan fingerprint density at radius 3 is 2.28 bits per heavy atom. The lowest BCUT2D eigenvalue weighted by Gasteiger charge is -2.30. The number of ether oxygens (including phenoxy) is 1. The van der Waals surface area contributed by atoms with Gasteiger partial charge in [-0.05, 0) is 36.3 Å². The average molecular weight is 338 g/mol. The van der Waals surface area contributed by atoms with Gasteiger partial charge in [-0.2, -0.15) is 0 Å². The molecule has 3 nitrogen and oxygen atoms in total. The van der Waals surface area contributed by atoms with E-state index in [-0.39, 0.29) is 0 Å². The number of likely N-dealkylation sites (N-methyl/N-ethyl adjacent to an activating group) is 1. The highest BCUT2D eigenvalue weighted by Gasteiger charge is 2.17. The highest BCUT2D eigenvalue weighted by Crippen LogP contribution is 2.22. The Bertz CT molecular complexity index is 618. The predicted molar refractivity (Wildman–Crippen MR) is 107 cm³/mol. The topological polar surface area (TPSA) is 24.5 Å². The van der Waals surface area contributed by atoms with Gasteiger partial charge >= 0.3 is 0 Å². The van der Waals surface area contributed by atoms with Crippen molar-refractivity contribution >= 4 is 6.08 Å². The van der Waals surface area contributed by atoms with Crippen molar-refractivity contribution in [3.05, 3.63) is 71.8 Å². The number of hydrogen-bond acceptors (Lipinski definition) is 3. The van der Waals surface area contributed by atoms with Gasteiger partial charge in [0.25, 0.3) is 0 Å². The summed E-state index contributed by atoms with van der Waals surface area (Å²) >= 11 is 0. The minimum atomic E-state index is 0.367. The van der Waals surface area contributed by atoms with Gasteiger partial charge in [0, 0.05) is 19.1 Å². The van der Waals surface area contributed by atoms with Crippen molar-refractivity contribution in [3.63, 3.8) is 0 Å². The van der Waals surface area contributed by atoms with Crippen LogP contribution in [0.25, 0.3) is 6.08 Å². The van der Waals surface area contributed by atoms with E-state index in [1.165, 1.54) is 11.1 Å². The van der Waals surface area contributed by atoms with E-state index in [0.717, 1.165) is 31.9 Å². The highest BCUT2D eigenvalue weighted by atomic mass is 16.5. The molecule has 0 heterocycles. The van der Waals surface area contributed by atoms with E-state index in [1.54, 1.807) is 7.11 Å². The molecule has 0 aromatic heterocycles. The van der Waals surface area contributed by atoms with Crippen LogP contribution in [0, 0.1) is 0 Å². The summed E-state index contributed by atoms with van der Waals surface area (Å²) in [6, 6.07) is 19.2. The Morgan fingerprint density at radius 1 is 1.00 bits per heavy atom. The predicted octanol–water partition coefficient (Wildman–Crippen LogP) is 4.38. The minimum Gasteiger partial charge on any atom is -0.497 e. The molecule has 0 bridgehead atoms. The Morgan fingerprint density at radius 2 is 1.68 bits per heavy atom. The van der Waals surface area contributed by atoms with Crippen LogP contribution in [0.4, 0.5) is 0 Å². The van der Waals surface area contributed by atoms with Crippen LogP contribution in [0.5, 0.6) is 5.75 Å². The number of benzene rings is 2. The third-order valence-corrected chi connectivity index (χ3v) is 4.46. The first kappa shape index (κ1) is 19.2. The zero-order valence-corrected chi connectivity index (χ0v) is 15.6. The molecule has 0 aliphatic rings. The average Bonchev–Trinajstić information content (AvgIpc) is 2.68. The molecule has 0 spiro atoms. The van der Waals surface area contributed by atoms with Gasteiger partial charge in [0.1, 0.15) is 5.75 Å². The number of nitrogens with one attached hydrogen (secondary N) is 1. The standard InChI is InChI=1S/C22H30N2O/c1-4-24(5-2)22(20-13-15-21(25-3)16-14-20)18-23-17-9-12-19-10-7-6-8-11-19/h6-16,22-23H,4-5,17-18H2,1-3H3/b12-9+. The molecule has 2 aromatic rings. The highest BCUT2D eigenvalue weighted by molar-refractivity contribution is 5.48. The van der Waals surface area contributed by atoms with Crippen molar-refractivity contribution in [1.29, 1.82) is 0 Å². The molecule has 1 unspecified atom stereocenters. The molecular formula is C22H30N2O. The number of rotatable bonds is 10. The Kier molecular flexibility index (Phi) is 8.23. The van der Waals surface area contributed by atoms with E-state index < -0.39 is 0 Å². The molecule has 2 aromatic carbocycles. The van der Waals surface area contributed by atoms with Crippen LogP contribution in [-0.2, 0) is 0 Å². The molecule has 3 heteroatoms. The van der Waals surface area contributed by atoms with E-state index in [4.69, 9.17) is 4.74 Å². The van der Waals surface area contributed by atoms with Crippen molar-refractivity contribution in [2.24, 2.45) is 0 Å². The monoisotopic (exact) mass is 338 g/mol. The quantitative estimate of drug-likeness (QED) is 0.651. The number of hydrogen-bond donors (Lipinski definition) is 1. The van der Waals surface area contributed by atoms with E-state index in [9.17, 15) is 0 Å². The maximum atomic E-state index is 5.28. The summed E-state index contributed by atoms with van der Waals surface area (Å²) in [5, 5.41) is 3.57. The Hall–Kier alpha value is -2.10. The van der Waals surface area contributed by atoms with Crippen LogP contribution in [0.15, 0.2) is 60.7 Å². The first-order chi connectivity index (χ1) is 12.3. The molecule has 1 N–H and O–H groups in total. The molecule has 0 saturated heterocycles. The van der Waals surface area contributed by atoms with Crippen molar-refractivity contribution in [2.45, 2.75) is 19.9 Å². The summed E-state index contributed by atoms with van der Waals surface area (Å²) in [6.45, 7) is 8.30. The first-order valence-corrected chi connectivity index (χ1v) is 9.08. The molecule has 2 rings (SSSR count). The maximum Gasteiger partial charge on any atom is 0.118 e. The lowest BCUT2D eigenvalue weighted by molar-refractivity contribution is 0.215. The second-order valence-corrected chi connectivity index (χ2v) is 5.98. The molecule has 0 fully saturated rings. The zero-order valence-electron chi connectivity index (χ0n) is 15.6. The fourth-order valence-corrected chi connectivity index (χ4v) is 3.01. The van der Waals surface area contributed by atoms with Crippen LogP contribution in [-0.4, -0.2) is 38.2 Å². The third kappa shape index (κ3) is 6.04. The second kappa shape index (κ2) is 10.7. The Balaban J connectivity index is 1.95. The fourth-order valence-electron chi connectivity index (χ4n) is 3.01. The smallest absolute Gasteiger partial charge is 0.118 e. The van der Waals surface area contributed by atoms with E-state index in [2.05, 4.69) is 72.6 Å². The van der Waals surface area contributed by atoms with Crippen LogP contribution >= 0.6 is 0 Å². The SMILES string of the molecule is CCN(CC)C(CNC/C=C/c1ccccc1)c1ccc(OC)cc1. The van der Waals surface area contributed by atoms with Crippen LogP contribution < -0.4 is 10.1 Å². The fraction of sp³-hybridized carbons (Fsp3) is 0.364. The van der Waals surface area contributed by atoms with E-state index in [0.29, 0.717) is 6.04 Å². The van der Waals surface area contributed by atoms with Crippen LogP contribution in [0.3, 0.4) is 0 Å². The summed E-state index contributed by atoms with van der Waals surface area (Å²) < 4.78 is 5.28. The van der Waals surface area contributed by atoms with E-state index in [1.807, 2.05) is 18.2 Å². The van der Waals surface area contributed by atoms with Crippen molar-refractivity contribution in [1.82, 2.24) is 10.2 Å². The number of methoxy groups -OCH3 is 1. The lowest BCUT2D eigenvalue weighted by Crippen LogP contribution is -2.35. The molecule has 25 heavy (non-hydrogen) atoms. The molecule has 0 aliphatic carbocycles. The van der Waals surface area contributed by atoms with E-state index >= 15 is 0 Å². The zero-order chi connectivity index (χ0) is 17.9. The third-order valence-electron chi connectivity index (χ3n) is 4.46. The van der Waals surface area contributed by atoms with Gasteiger partial charge in [-0.3, -0.25) is 4.90 Å². The molecule has 0 amide bonds. The van der Waals surface area contributed by atoms with Crippen LogP contribution in [0.1, 0.15) is 31.0 Å². The molecule has 134 valence electrons. The first-order valence-electron chi connectivity index (χ1n) is 9.08. The summed E-state index contributed by atoms with van der Waals surface area (Å²) in [7, 11) is 1.71. The van der Waals surface area contributed by atoms with Gasteiger partial charge in [-0.25, -0.2) is 0 Å². The molecule has 0 radical (unpaired) electrons. The lowest BCUT2D eigenvalue weighted by atomic mass is 10.0. The minimum absolute atomic E-state index is 0.367. The van der Waals surface area contributed by atoms with Gasteiger partial charge in [-0.15, -0.1) is 0 Å². The maximum absolute atomic E-state index is 5.28. The summed E-state index contributed by atoms with van der Waals surface area (Å²) in [5.41, 5.74) is 2.56. The van der Waals surface area contributed by atoms with Gasteiger partial charge in [-0.1, -0.05) is 68.5 Å². The molecular weight excluding hydrogens is 308 g/mol. The van der Waals surface area contributed by atoms with Gasteiger partial charge in [0.15, 0.2) is 0 Å². The summed E-state index contributed by atoms with van der Waals surface area (Å²) in [6.07, 6.45) is 4.34. The Labute approximate surface area is 152 Å². The van der Waals surface area contributed by atoms with Crippen molar-refractivity contribution < 1.29 is 4.74 Å². The normalized spacial score (nSPS) is 12.6. The summed E-state index contributed by atoms with van der Waals surface area (Å²) in [5.74, 6) is 0.904. The van der Waals surface area contributed by atoms with Gasteiger partial charge in [0.05, 0.1) is 7.11 Å². The van der Waals surface area contributed by atoms with Gasteiger partial charge < -0.3 is 10.1 Å². The summed E-state index contributed by atoms with van der Waals surface area (Å²) in [4.78, 5) is 2.48. The van der Waals surface area contributed by atoms with Crippen molar-refractivity contribution in [3.8, 4) is 5.75 Å². The second-order valence-electron chi connectivity index (χ2n) is 5.98. The molecule has 1 atom stereocenters. The molecule has 0 aliphatic heterocycles.